The van der Waals surface area contributed by atoms with Gasteiger partial charge in [0.1, 0.15) is 5.65 Å². The zero-order valence-electron chi connectivity index (χ0n) is 17.9. The van der Waals surface area contributed by atoms with Crippen LogP contribution in [0.25, 0.3) is 28.9 Å². The standard InChI is InChI=1S/C27H24N2O3/c1-31-23-11-7-10-21(26(23)32-18-19-13-14-19)15-16-22-25(20-8-3-2-4-9-20)27(30)29-17-6-5-12-24(29)28-22/h2-12,15-17,19H,13-14,18H2,1H3. The molecule has 0 bridgehead atoms. The number of ether oxygens (including phenoxy) is 2. The summed E-state index contributed by atoms with van der Waals surface area (Å²) in [6.45, 7) is 0.687. The number of hydrogen-bond donors (Lipinski definition) is 0. The molecule has 5 heteroatoms. The molecule has 2 aromatic heterocycles. The molecular weight excluding hydrogens is 400 g/mol. The van der Waals surface area contributed by atoms with Crippen molar-refractivity contribution in [1.29, 1.82) is 0 Å². The minimum Gasteiger partial charge on any atom is -0.493 e. The van der Waals surface area contributed by atoms with Gasteiger partial charge in [-0.2, -0.15) is 0 Å². The Morgan fingerprint density at radius 3 is 2.59 bits per heavy atom. The summed E-state index contributed by atoms with van der Waals surface area (Å²) < 4.78 is 13.2. The van der Waals surface area contributed by atoms with Gasteiger partial charge < -0.3 is 9.47 Å². The van der Waals surface area contributed by atoms with Crippen molar-refractivity contribution in [3.8, 4) is 22.6 Å². The summed E-state index contributed by atoms with van der Waals surface area (Å²) in [5.74, 6) is 2.04. The fraction of sp³-hybridized carbons (Fsp3) is 0.185. The van der Waals surface area contributed by atoms with Gasteiger partial charge in [-0.25, -0.2) is 4.98 Å². The molecule has 0 N–H and O–H groups in total. The van der Waals surface area contributed by atoms with Crippen molar-refractivity contribution in [2.45, 2.75) is 12.8 Å². The largest absolute Gasteiger partial charge is 0.493 e. The second-order valence-electron chi connectivity index (χ2n) is 7.94. The van der Waals surface area contributed by atoms with Crippen LogP contribution in [0.2, 0.25) is 0 Å². The average molecular weight is 425 g/mol. The van der Waals surface area contributed by atoms with Crippen LogP contribution in [-0.2, 0) is 0 Å². The molecule has 1 aliphatic carbocycles. The lowest BCUT2D eigenvalue weighted by Crippen LogP contribution is -2.18. The minimum atomic E-state index is -0.0997. The third-order valence-corrected chi connectivity index (χ3v) is 5.63. The first kappa shape index (κ1) is 20.1. The summed E-state index contributed by atoms with van der Waals surface area (Å²) in [5.41, 5.74) is 3.40. The molecule has 4 aromatic rings. The Balaban J connectivity index is 1.62. The van der Waals surface area contributed by atoms with Crippen LogP contribution in [0, 0.1) is 5.92 Å². The van der Waals surface area contributed by atoms with Crippen molar-refractivity contribution in [2.24, 2.45) is 5.92 Å². The highest BCUT2D eigenvalue weighted by Crippen LogP contribution is 2.36. The molecule has 1 aliphatic rings. The Hall–Kier alpha value is -3.86. The van der Waals surface area contributed by atoms with E-state index in [1.54, 1.807) is 17.7 Å². The molecule has 0 amide bonds. The van der Waals surface area contributed by atoms with Gasteiger partial charge in [0.2, 0.25) is 0 Å². The number of para-hydroxylation sites is 1. The van der Waals surface area contributed by atoms with Gasteiger partial charge in [0, 0.05) is 11.8 Å². The minimum absolute atomic E-state index is 0.0997. The Morgan fingerprint density at radius 1 is 1.00 bits per heavy atom. The molecule has 1 saturated carbocycles. The fourth-order valence-electron chi connectivity index (χ4n) is 3.74. The van der Waals surface area contributed by atoms with Crippen LogP contribution in [0.4, 0.5) is 0 Å². The van der Waals surface area contributed by atoms with Gasteiger partial charge in [-0.15, -0.1) is 0 Å². The Bertz CT molecular complexity index is 1340. The predicted molar refractivity (Wildman–Crippen MR) is 127 cm³/mol. The number of pyridine rings is 1. The number of benzene rings is 2. The summed E-state index contributed by atoms with van der Waals surface area (Å²) in [4.78, 5) is 18.1. The van der Waals surface area contributed by atoms with Gasteiger partial charge in [0.25, 0.3) is 5.56 Å². The van der Waals surface area contributed by atoms with Gasteiger partial charge in [0.15, 0.2) is 11.5 Å². The molecule has 2 heterocycles. The first-order chi connectivity index (χ1) is 15.7. The monoisotopic (exact) mass is 424 g/mol. The van der Waals surface area contributed by atoms with E-state index in [4.69, 9.17) is 14.5 Å². The zero-order valence-corrected chi connectivity index (χ0v) is 17.9. The lowest BCUT2D eigenvalue weighted by Gasteiger charge is -2.13. The van der Waals surface area contributed by atoms with E-state index in [0.717, 1.165) is 16.9 Å². The zero-order chi connectivity index (χ0) is 21.9. The molecule has 5 rings (SSSR count). The quantitative estimate of drug-likeness (QED) is 0.402. The number of rotatable bonds is 7. The highest BCUT2D eigenvalue weighted by molar-refractivity contribution is 5.81. The van der Waals surface area contributed by atoms with Crippen molar-refractivity contribution in [1.82, 2.24) is 9.38 Å². The van der Waals surface area contributed by atoms with Crippen LogP contribution in [0.3, 0.4) is 0 Å². The molecule has 0 saturated heterocycles. The number of hydrogen-bond acceptors (Lipinski definition) is 4. The Morgan fingerprint density at radius 2 is 1.81 bits per heavy atom. The Kier molecular flexibility index (Phi) is 5.46. The van der Waals surface area contributed by atoms with E-state index in [-0.39, 0.29) is 5.56 Å². The van der Waals surface area contributed by atoms with Crippen LogP contribution >= 0.6 is 0 Å². The van der Waals surface area contributed by atoms with E-state index in [1.807, 2.05) is 78.9 Å². The highest BCUT2D eigenvalue weighted by Gasteiger charge is 2.23. The summed E-state index contributed by atoms with van der Waals surface area (Å²) in [6, 6.07) is 21.0. The van der Waals surface area contributed by atoms with E-state index in [9.17, 15) is 4.79 Å². The van der Waals surface area contributed by atoms with Crippen molar-refractivity contribution in [3.63, 3.8) is 0 Å². The van der Waals surface area contributed by atoms with Crippen LogP contribution in [0.5, 0.6) is 11.5 Å². The summed E-state index contributed by atoms with van der Waals surface area (Å²) >= 11 is 0. The number of fused-ring (bicyclic) bond motifs is 1. The van der Waals surface area contributed by atoms with Gasteiger partial charge >= 0.3 is 0 Å². The summed E-state index contributed by atoms with van der Waals surface area (Å²) in [5, 5.41) is 0. The molecule has 32 heavy (non-hydrogen) atoms. The van der Waals surface area contributed by atoms with Crippen molar-refractivity contribution < 1.29 is 9.47 Å². The molecular formula is C27H24N2O3. The van der Waals surface area contributed by atoms with Gasteiger partial charge in [0.05, 0.1) is 25.0 Å². The second kappa shape index (κ2) is 8.71. The van der Waals surface area contributed by atoms with E-state index < -0.39 is 0 Å². The fourth-order valence-corrected chi connectivity index (χ4v) is 3.74. The van der Waals surface area contributed by atoms with Crippen LogP contribution < -0.4 is 15.0 Å². The van der Waals surface area contributed by atoms with Crippen LogP contribution in [0.1, 0.15) is 24.1 Å². The summed E-state index contributed by atoms with van der Waals surface area (Å²) in [7, 11) is 1.64. The lowest BCUT2D eigenvalue weighted by molar-refractivity contribution is 0.280. The summed E-state index contributed by atoms with van der Waals surface area (Å²) in [6.07, 6.45) is 8.00. The number of methoxy groups -OCH3 is 1. The van der Waals surface area contributed by atoms with E-state index in [2.05, 4.69) is 0 Å². The van der Waals surface area contributed by atoms with Gasteiger partial charge in [-0.05, 0) is 54.7 Å². The molecule has 160 valence electrons. The molecule has 1 fully saturated rings. The SMILES string of the molecule is COc1cccc(C=Cc2nc3ccccn3c(=O)c2-c2ccccc2)c1OCC1CC1. The number of aromatic nitrogens is 2. The van der Waals surface area contributed by atoms with E-state index in [1.165, 1.54) is 12.8 Å². The smallest absolute Gasteiger partial charge is 0.266 e. The van der Waals surface area contributed by atoms with Crippen molar-refractivity contribution in [2.75, 3.05) is 13.7 Å². The third kappa shape index (κ3) is 4.02. The average Bonchev–Trinajstić information content (AvgIpc) is 3.66. The lowest BCUT2D eigenvalue weighted by atomic mass is 10.0. The highest BCUT2D eigenvalue weighted by atomic mass is 16.5. The molecule has 0 atom stereocenters. The third-order valence-electron chi connectivity index (χ3n) is 5.63. The number of nitrogens with zero attached hydrogens (tertiary/aromatic N) is 2. The molecule has 2 aromatic carbocycles. The van der Waals surface area contributed by atoms with E-state index in [0.29, 0.717) is 35.2 Å². The second-order valence-corrected chi connectivity index (χ2v) is 7.94. The van der Waals surface area contributed by atoms with E-state index >= 15 is 0 Å². The van der Waals surface area contributed by atoms with Crippen molar-refractivity contribution in [3.05, 3.63) is 94.5 Å². The maximum Gasteiger partial charge on any atom is 0.266 e. The predicted octanol–water partition coefficient (Wildman–Crippen LogP) is 5.33. The molecule has 0 aliphatic heterocycles. The molecule has 0 radical (unpaired) electrons. The van der Waals surface area contributed by atoms with Crippen LogP contribution in [0.15, 0.2) is 77.7 Å². The van der Waals surface area contributed by atoms with Crippen molar-refractivity contribution >= 4 is 17.8 Å². The Labute approximate surface area is 186 Å². The first-order valence-electron chi connectivity index (χ1n) is 10.8. The maximum absolute atomic E-state index is 13.4. The van der Waals surface area contributed by atoms with Gasteiger partial charge in [-0.1, -0.05) is 48.5 Å². The van der Waals surface area contributed by atoms with Gasteiger partial charge in [-0.3, -0.25) is 9.20 Å². The molecule has 0 unspecified atom stereocenters. The maximum atomic E-state index is 13.4. The van der Waals surface area contributed by atoms with Crippen LogP contribution in [-0.4, -0.2) is 23.1 Å². The molecule has 0 spiro atoms. The first-order valence-corrected chi connectivity index (χ1v) is 10.8. The normalized spacial score (nSPS) is 13.5. The molecule has 5 nitrogen and oxygen atoms in total. The topological polar surface area (TPSA) is 52.8 Å².